The molecule has 0 aliphatic carbocycles. The lowest BCUT2D eigenvalue weighted by molar-refractivity contribution is -0.130. The van der Waals surface area contributed by atoms with E-state index in [9.17, 15) is 13.2 Å². The van der Waals surface area contributed by atoms with Crippen LogP contribution >= 0.6 is 11.6 Å². The largest absolute Gasteiger partial charge is 0.408 e. The van der Waals surface area contributed by atoms with Crippen LogP contribution in [0.1, 0.15) is 19.8 Å². The summed E-state index contributed by atoms with van der Waals surface area (Å²) in [5.41, 5.74) is 0.439. The van der Waals surface area contributed by atoms with E-state index >= 15 is 0 Å². The van der Waals surface area contributed by atoms with Crippen LogP contribution in [-0.2, 0) is 14.6 Å². The molecule has 1 aliphatic heterocycles. The van der Waals surface area contributed by atoms with Crippen LogP contribution in [0, 0.1) is 5.92 Å². The fraction of sp³-hybridized carbons (Fsp3) is 0.438. The van der Waals surface area contributed by atoms with Crippen molar-refractivity contribution in [2.24, 2.45) is 5.92 Å². The zero-order valence-corrected chi connectivity index (χ0v) is 15.3. The quantitative estimate of drug-likeness (QED) is 0.804. The number of amides is 1. The van der Waals surface area contributed by atoms with Gasteiger partial charge in [0, 0.05) is 13.1 Å². The van der Waals surface area contributed by atoms with Crippen LogP contribution in [0.5, 0.6) is 0 Å². The van der Waals surface area contributed by atoms with Crippen molar-refractivity contribution in [3.8, 4) is 11.5 Å². The molecule has 1 aromatic carbocycles. The third-order valence-corrected chi connectivity index (χ3v) is 5.75. The molecule has 1 atom stereocenters. The highest BCUT2D eigenvalue weighted by Gasteiger charge is 2.30. The van der Waals surface area contributed by atoms with Gasteiger partial charge in [0.05, 0.1) is 10.6 Å². The van der Waals surface area contributed by atoms with Gasteiger partial charge in [-0.15, -0.1) is 5.10 Å². The summed E-state index contributed by atoms with van der Waals surface area (Å²) in [7, 11) is -4.00. The van der Waals surface area contributed by atoms with E-state index in [0.29, 0.717) is 29.6 Å². The minimum Gasteiger partial charge on any atom is -0.408 e. The summed E-state index contributed by atoms with van der Waals surface area (Å²) in [4.78, 5) is 13.9. The fourth-order valence-electron chi connectivity index (χ4n) is 2.81. The molecule has 9 heteroatoms. The normalized spacial score (nSPS) is 18.3. The average Bonchev–Trinajstić information content (AvgIpc) is 3.05. The lowest BCUT2D eigenvalue weighted by Gasteiger charge is -2.30. The van der Waals surface area contributed by atoms with Crippen LogP contribution in [0.15, 0.2) is 33.9 Å². The third-order valence-electron chi connectivity index (χ3n) is 4.10. The van der Waals surface area contributed by atoms with Gasteiger partial charge in [-0.3, -0.25) is 4.79 Å². The summed E-state index contributed by atoms with van der Waals surface area (Å²) in [6, 6.07) is 6.74. The molecule has 134 valence electrons. The topological polar surface area (TPSA) is 93.4 Å². The lowest BCUT2D eigenvalue weighted by atomic mass is 10.0. The average molecular weight is 384 g/mol. The molecule has 2 heterocycles. The van der Waals surface area contributed by atoms with Gasteiger partial charge in [0.1, 0.15) is 5.75 Å². The van der Waals surface area contributed by atoms with E-state index in [1.807, 2.05) is 6.92 Å². The van der Waals surface area contributed by atoms with Crippen LogP contribution in [0.2, 0.25) is 5.02 Å². The van der Waals surface area contributed by atoms with Gasteiger partial charge in [0.25, 0.3) is 0 Å². The molecule has 1 amide bonds. The Labute approximate surface area is 150 Å². The number of hydrogen-bond donors (Lipinski definition) is 0. The van der Waals surface area contributed by atoms with E-state index in [1.165, 1.54) is 0 Å². The van der Waals surface area contributed by atoms with Crippen molar-refractivity contribution in [3.05, 3.63) is 29.3 Å². The molecule has 1 saturated heterocycles. The smallest absolute Gasteiger partial charge is 0.336 e. The van der Waals surface area contributed by atoms with Crippen molar-refractivity contribution in [1.82, 2.24) is 15.1 Å². The summed E-state index contributed by atoms with van der Waals surface area (Å²) in [5, 5.41) is 7.13. The van der Waals surface area contributed by atoms with Crippen molar-refractivity contribution in [1.29, 1.82) is 0 Å². The maximum Gasteiger partial charge on any atom is 0.336 e. The Hall–Kier alpha value is -1.93. The first-order valence-electron chi connectivity index (χ1n) is 7.96. The van der Waals surface area contributed by atoms with Crippen molar-refractivity contribution >= 4 is 27.3 Å². The van der Waals surface area contributed by atoms with Crippen molar-refractivity contribution in [2.45, 2.75) is 25.0 Å². The molecule has 1 aliphatic rings. The van der Waals surface area contributed by atoms with E-state index in [4.69, 9.17) is 16.0 Å². The standard InChI is InChI=1S/C16H18ClN3O4S/c1-11-5-4-8-20(9-11)14(21)10-25(22,23)16-19-18-15(24-16)12-6-2-3-7-13(12)17/h2-3,6-7,11H,4-5,8-10H2,1H3. The van der Waals surface area contributed by atoms with Gasteiger partial charge < -0.3 is 9.32 Å². The summed E-state index contributed by atoms with van der Waals surface area (Å²) in [6.07, 6.45) is 1.92. The maximum atomic E-state index is 12.4. The SMILES string of the molecule is CC1CCCN(C(=O)CS(=O)(=O)c2nnc(-c3ccccc3Cl)o2)C1. The number of likely N-dealkylation sites (tertiary alicyclic amines) is 1. The van der Waals surface area contributed by atoms with Gasteiger partial charge in [-0.2, -0.15) is 0 Å². The Bertz CT molecular complexity index is 881. The number of halogens is 1. The summed E-state index contributed by atoms with van der Waals surface area (Å²) < 4.78 is 30.1. The molecular formula is C16H18ClN3O4S. The first-order valence-corrected chi connectivity index (χ1v) is 9.99. The maximum absolute atomic E-state index is 12.4. The first-order chi connectivity index (χ1) is 11.9. The van der Waals surface area contributed by atoms with Gasteiger partial charge >= 0.3 is 5.22 Å². The van der Waals surface area contributed by atoms with E-state index in [1.54, 1.807) is 29.2 Å². The molecule has 0 saturated carbocycles. The number of aromatic nitrogens is 2. The second-order valence-corrected chi connectivity index (χ2v) is 8.47. The highest BCUT2D eigenvalue weighted by Crippen LogP contribution is 2.27. The Morgan fingerprint density at radius 3 is 2.84 bits per heavy atom. The monoisotopic (exact) mass is 383 g/mol. The zero-order valence-electron chi connectivity index (χ0n) is 13.7. The van der Waals surface area contributed by atoms with Crippen LogP contribution in [-0.4, -0.2) is 48.3 Å². The first kappa shape index (κ1) is 17.9. The van der Waals surface area contributed by atoms with Gasteiger partial charge in [0.15, 0.2) is 0 Å². The van der Waals surface area contributed by atoms with Crippen molar-refractivity contribution in [2.75, 3.05) is 18.8 Å². The summed E-state index contributed by atoms with van der Waals surface area (Å²) in [6.45, 7) is 3.19. The second kappa shape index (κ2) is 7.13. The summed E-state index contributed by atoms with van der Waals surface area (Å²) >= 11 is 6.04. The van der Waals surface area contributed by atoms with Gasteiger partial charge in [-0.25, -0.2) is 8.42 Å². The number of nitrogens with zero attached hydrogens (tertiary/aromatic N) is 3. The Kier molecular flexibility index (Phi) is 5.10. The number of carbonyl (C=O) groups is 1. The molecular weight excluding hydrogens is 366 g/mol. The highest BCUT2D eigenvalue weighted by atomic mass is 35.5. The summed E-state index contributed by atoms with van der Waals surface area (Å²) in [5.74, 6) is -0.743. The minimum atomic E-state index is -4.00. The Balaban J connectivity index is 1.77. The number of hydrogen-bond acceptors (Lipinski definition) is 6. The molecule has 0 bridgehead atoms. The molecule has 1 fully saturated rings. The molecule has 7 nitrogen and oxygen atoms in total. The van der Waals surface area contributed by atoms with Crippen molar-refractivity contribution in [3.63, 3.8) is 0 Å². The number of rotatable bonds is 4. The van der Waals surface area contributed by atoms with Crippen molar-refractivity contribution < 1.29 is 17.6 Å². The van der Waals surface area contributed by atoms with Crippen LogP contribution in [0.3, 0.4) is 0 Å². The molecule has 25 heavy (non-hydrogen) atoms. The Morgan fingerprint density at radius 2 is 2.12 bits per heavy atom. The number of benzene rings is 1. The number of piperidine rings is 1. The van der Waals surface area contributed by atoms with Gasteiger partial charge in [-0.05, 0) is 30.9 Å². The van der Waals surface area contributed by atoms with Gasteiger partial charge in [0.2, 0.25) is 21.6 Å². The van der Waals surface area contributed by atoms with E-state index in [-0.39, 0.29) is 5.89 Å². The van der Waals surface area contributed by atoms with E-state index in [0.717, 1.165) is 12.8 Å². The van der Waals surface area contributed by atoms with Crippen LogP contribution < -0.4 is 0 Å². The predicted molar refractivity (Wildman–Crippen MR) is 91.8 cm³/mol. The minimum absolute atomic E-state index is 0.00298. The lowest BCUT2D eigenvalue weighted by Crippen LogP contribution is -2.42. The second-order valence-electron chi connectivity index (χ2n) is 6.20. The predicted octanol–water partition coefficient (Wildman–Crippen LogP) is 2.42. The third kappa shape index (κ3) is 4.01. The zero-order chi connectivity index (χ0) is 18.0. The molecule has 0 radical (unpaired) electrons. The van der Waals surface area contributed by atoms with Crippen LogP contribution in [0.25, 0.3) is 11.5 Å². The van der Waals surface area contributed by atoms with E-state index in [2.05, 4.69) is 10.2 Å². The molecule has 0 N–H and O–H groups in total. The molecule has 1 unspecified atom stereocenters. The van der Waals surface area contributed by atoms with E-state index < -0.39 is 26.7 Å². The van der Waals surface area contributed by atoms with Gasteiger partial charge in [-0.1, -0.05) is 35.8 Å². The molecule has 3 rings (SSSR count). The highest BCUT2D eigenvalue weighted by molar-refractivity contribution is 7.91. The Morgan fingerprint density at radius 1 is 1.36 bits per heavy atom. The fourth-order valence-corrected chi connectivity index (χ4v) is 4.03. The number of carbonyl (C=O) groups excluding carboxylic acids is 1. The molecule has 0 spiro atoms. The molecule has 1 aromatic heterocycles. The molecule has 2 aromatic rings. The van der Waals surface area contributed by atoms with Crippen LogP contribution in [0.4, 0.5) is 0 Å². The number of sulfone groups is 1.